The lowest BCUT2D eigenvalue weighted by Gasteiger charge is -2.26. The van der Waals surface area contributed by atoms with Gasteiger partial charge in [-0.05, 0) is 12.1 Å². The van der Waals surface area contributed by atoms with E-state index in [2.05, 4.69) is 10.2 Å². The minimum Gasteiger partial charge on any atom is -0.484 e. The summed E-state index contributed by atoms with van der Waals surface area (Å²) in [6.45, 7) is 3.79. The summed E-state index contributed by atoms with van der Waals surface area (Å²) in [6, 6.07) is 9.32. The molecule has 1 aromatic rings. The average Bonchev–Trinajstić information content (AvgIpc) is 2.45. The van der Waals surface area contributed by atoms with E-state index < -0.39 is 0 Å². The number of rotatable bonds is 5. The Hall–Kier alpha value is -1.59. The summed E-state index contributed by atoms with van der Waals surface area (Å²) in [5, 5.41) is 2.83. The fourth-order valence-electron chi connectivity index (χ4n) is 1.68. The van der Waals surface area contributed by atoms with Gasteiger partial charge in [-0.1, -0.05) is 18.2 Å². The highest BCUT2D eigenvalue weighted by Gasteiger charge is 2.11. The van der Waals surface area contributed by atoms with E-state index >= 15 is 0 Å². The Morgan fingerprint density at radius 3 is 2.72 bits per heavy atom. The van der Waals surface area contributed by atoms with Crippen LogP contribution in [0.15, 0.2) is 30.3 Å². The van der Waals surface area contributed by atoms with Crippen molar-refractivity contribution < 1.29 is 14.3 Å². The number of morpholine rings is 1. The van der Waals surface area contributed by atoms with Crippen LogP contribution in [0.25, 0.3) is 0 Å². The highest BCUT2D eigenvalue weighted by molar-refractivity contribution is 5.77. The second kappa shape index (κ2) is 6.98. The van der Waals surface area contributed by atoms with E-state index in [9.17, 15) is 4.79 Å². The molecule has 0 spiro atoms. The highest BCUT2D eigenvalue weighted by Crippen LogP contribution is 2.07. The number of para-hydroxylation sites is 1. The zero-order valence-corrected chi connectivity index (χ0v) is 10.3. The zero-order chi connectivity index (χ0) is 12.6. The van der Waals surface area contributed by atoms with Gasteiger partial charge in [0.05, 0.1) is 19.9 Å². The summed E-state index contributed by atoms with van der Waals surface area (Å²) in [6.07, 6.45) is 0. The molecule has 0 radical (unpaired) electrons. The lowest BCUT2D eigenvalue weighted by Crippen LogP contribution is -2.44. The summed E-state index contributed by atoms with van der Waals surface area (Å²) >= 11 is 0. The Balaban J connectivity index is 1.63. The molecule has 0 bridgehead atoms. The van der Waals surface area contributed by atoms with E-state index in [1.807, 2.05) is 30.3 Å². The van der Waals surface area contributed by atoms with Crippen molar-refractivity contribution in [1.29, 1.82) is 0 Å². The van der Waals surface area contributed by atoms with E-state index in [1.54, 1.807) is 0 Å². The van der Waals surface area contributed by atoms with Crippen molar-refractivity contribution in [3.05, 3.63) is 30.3 Å². The molecule has 0 aromatic heterocycles. The molecule has 1 amide bonds. The van der Waals surface area contributed by atoms with Gasteiger partial charge in [-0.25, -0.2) is 0 Å². The number of hydrogen-bond donors (Lipinski definition) is 1. The fourth-order valence-corrected chi connectivity index (χ4v) is 1.68. The second-order valence-corrected chi connectivity index (χ2v) is 4.09. The van der Waals surface area contributed by atoms with Crippen LogP contribution in [0.4, 0.5) is 0 Å². The van der Waals surface area contributed by atoms with Crippen LogP contribution in [0.2, 0.25) is 0 Å². The van der Waals surface area contributed by atoms with Gasteiger partial charge in [0.1, 0.15) is 5.75 Å². The van der Waals surface area contributed by atoms with Crippen LogP contribution in [-0.4, -0.2) is 50.4 Å². The molecular formula is C13H18N2O3. The molecule has 1 N–H and O–H groups in total. The van der Waals surface area contributed by atoms with Gasteiger partial charge < -0.3 is 14.8 Å². The Kier molecular flexibility index (Phi) is 4.99. The zero-order valence-electron chi connectivity index (χ0n) is 10.3. The first-order valence-electron chi connectivity index (χ1n) is 6.09. The molecular weight excluding hydrogens is 232 g/mol. The number of benzene rings is 1. The number of nitrogens with zero attached hydrogens (tertiary/aromatic N) is 1. The maximum absolute atomic E-state index is 11.6. The molecule has 1 aliphatic rings. The quantitative estimate of drug-likeness (QED) is 0.825. The number of carbonyl (C=O) groups excluding carboxylic acids is 1. The van der Waals surface area contributed by atoms with Crippen molar-refractivity contribution in [3.63, 3.8) is 0 Å². The monoisotopic (exact) mass is 250 g/mol. The summed E-state index contributed by atoms with van der Waals surface area (Å²) in [7, 11) is 0. The smallest absolute Gasteiger partial charge is 0.258 e. The van der Waals surface area contributed by atoms with Crippen molar-refractivity contribution >= 4 is 5.91 Å². The molecule has 98 valence electrons. The largest absolute Gasteiger partial charge is 0.484 e. The molecule has 1 aliphatic heterocycles. The van der Waals surface area contributed by atoms with Crippen molar-refractivity contribution in [2.45, 2.75) is 0 Å². The molecule has 1 aromatic carbocycles. The van der Waals surface area contributed by atoms with Gasteiger partial charge in [0.25, 0.3) is 5.91 Å². The van der Waals surface area contributed by atoms with Crippen molar-refractivity contribution in [3.8, 4) is 5.75 Å². The number of hydrogen-bond acceptors (Lipinski definition) is 4. The second-order valence-electron chi connectivity index (χ2n) is 4.09. The molecule has 5 heteroatoms. The minimum atomic E-state index is -0.106. The summed E-state index contributed by atoms with van der Waals surface area (Å²) in [5.41, 5.74) is 0. The molecule has 2 rings (SSSR count). The molecule has 0 atom stereocenters. The molecule has 0 saturated carbocycles. The van der Waals surface area contributed by atoms with Crippen LogP contribution < -0.4 is 10.1 Å². The van der Waals surface area contributed by atoms with Crippen LogP contribution in [-0.2, 0) is 9.53 Å². The van der Waals surface area contributed by atoms with Crippen LogP contribution in [0.5, 0.6) is 5.75 Å². The number of amides is 1. The summed E-state index contributed by atoms with van der Waals surface area (Å²) in [4.78, 5) is 13.7. The predicted molar refractivity (Wildman–Crippen MR) is 67.3 cm³/mol. The van der Waals surface area contributed by atoms with Crippen LogP contribution >= 0.6 is 0 Å². The van der Waals surface area contributed by atoms with Gasteiger partial charge >= 0.3 is 0 Å². The third-order valence-corrected chi connectivity index (χ3v) is 2.72. The third kappa shape index (κ3) is 4.35. The van der Waals surface area contributed by atoms with Gasteiger partial charge in [0.2, 0.25) is 0 Å². The Bertz CT molecular complexity index is 364. The molecule has 0 unspecified atom stereocenters. The highest BCUT2D eigenvalue weighted by atomic mass is 16.5. The van der Waals surface area contributed by atoms with Crippen molar-refractivity contribution in [1.82, 2.24) is 10.2 Å². The molecule has 1 saturated heterocycles. The molecule has 1 fully saturated rings. The summed E-state index contributed by atoms with van der Waals surface area (Å²) in [5.74, 6) is 0.601. The average molecular weight is 250 g/mol. The Morgan fingerprint density at radius 1 is 1.28 bits per heavy atom. The van der Waals surface area contributed by atoms with Crippen LogP contribution in [0.1, 0.15) is 0 Å². The maximum Gasteiger partial charge on any atom is 0.258 e. The number of nitrogens with one attached hydrogen (secondary N) is 1. The normalized spacial score (nSPS) is 16.2. The van der Waals surface area contributed by atoms with Gasteiger partial charge in [-0.2, -0.15) is 0 Å². The SMILES string of the molecule is O=C(COc1ccccc1)NCN1CCOCC1. The predicted octanol–water partition coefficient (Wildman–Crippen LogP) is 0.471. The van der Waals surface area contributed by atoms with Gasteiger partial charge in [-0.15, -0.1) is 0 Å². The van der Waals surface area contributed by atoms with E-state index in [4.69, 9.17) is 9.47 Å². The van der Waals surface area contributed by atoms with Gasteiger partial charge in [0.15, 0.2) is 6.61 Å². The van der Waals surface area contributed by atoms with Crippen molar-refractivity contribution in [2.24, 2.45) is 0 Å². The van der Waals surface area contributed by atoms with Crippen molar-refractivity contribution in [2.75, 3.05) is 39.6 Å². The van der Waals surface area contributed by atoms with Gasteiger partial charge in [-0.3, -0.25) is 9.69 Å². The fraction of sp³-hybridized carbons (Fsp3) is 0.462. The maximum atomic E-state index is 11.6. The molecule has 18 heavy (non-hydrogen) atoms. The minimum absolute atomic E-state index is 0.0500. The lowest BCUT2D eigenvalue weighted by atomic mass is 10.3. The topological polar surface area (TPSA) is 50.8 Å². The van der Waals surface area contributed by atoms with E-state index in [-0.39, 0.29) is 12.5 Å². The van der Waals surface area contributed by atoms with Gasteiger partial charge in [0, 0.05) is 13.1 Å². The third-order valence-electron chi connectivity index (χ3n) is 2.72. The Labute approximate surface area is 107 Å². The lowest BCUT2D eigenvalue weighted by molar-refractivity contribution is -0.124. The number of carbonyl (C=O) groups is 1. The number of ether oxygens (including phenoxy) is 2. The first kappa shape index (κ1) is 12.9. The Morgan fingerprint density at radius 2 is 2.00 bits per heavy atom. The van der Waals surface area contributed by atoms with E-state index in [0.29, 0.717) is 12.4 Å². The van der Waals surface area contributed by atoms with Crippen LogP contribution in [0, 0.1) is 0 Å². The molecule has 0 aliphatic carbocycles. The molecule has 1 heterocycles. The summed E-state index contributed by atoms with van der Waals surface area (Å²) < 4.78 is 10.6. The first-order valence-corrected chi connectivity index (χ1v) is 6.09. The first-order chi connectivity index (χ1) is 8.84. The molecule has 5 nitrogen and oxygen atoms in total. The van der Waals surface area contributed by atoms with E-state index in [1.165, 1.54) is 0 Å². The standard InChI is InChI=1S/C13H18N2O3/c16-13(10-18-12-4-2-1-3-5-12)14-11-15-6-8-17-9-7-15/h1-5H,6-11H2,(H,14,16). The van der Waals surface area contributed by atoms with E-state index in [0.717, 1.165) is 26.3 Å². The van der Waals surface area contributed by atoms with Crippen LogP contribution in [0.3, 0.4) is 0 Å².